The van der Waals surface area contributed by atoms with Crippen molar-refractivity contribution in [2.45, 2.75) is 50.6 Å². The van der Waals surface area contributed by atoms with Crippen molar-refractivity contribution in [1.29, 1.82) is 0 Å². The van der Waals surface area contributed by atoms with Crippen molar-refractivity contribution in [3.63, 3.8) is 0 Å². The van der Waals surface area contributed by atoms with Gasteiger partial charge in [-0.2, -0.15) is 22.0 Å². The highest BCUT2D eigenvalue weighted by molar-refractivity contribution is 6.12. The third-order valence-corrected chi connectivity index (χ3v) is 6.23. The molecule has 0 spiro atoms. The van der Waals surface area contributed by atoms with Crippen molar-refractivity contribution < 1.29 is 41.0 Å². The molecular weight excluding hydrogens is 507 g/mol. The number of imide groups is 1. The van der Waals surface area contributed by atoms with Gasteiger partial charge in [0.2, 0.25) is 5.88 Å². The number of amides is 3. The first-order valence-corrected chi connectivity index (χ1v) is 11.2. The SMILES string of the molecule is O=C1CN(c2cncc(C(F)(F)F)c2)C(=O)N1C1CCC(Oc2cnc3[nH]nc(OC(F)F)c3c2)CC1. The van der Waals surface area contributed by atoms with Crippen LogP contribution in [0.25, 0.3) is 11.0 Å². The highest BCUT2D eigenvalue weighted by Crippen LogP contribution is 2.34. The van der Waals surface area contributed by atoms with Crippen molar-refractivity contribution in [1.82, 2.24) is 25.1 Å². The molecule has 0 atom stereocenters. The minimum atomic E-state index is -4.64. The predicted octanol–water partition coefficient (Wildman–Crippen LogP) is 4.13. The Morgan fingerprint density at radius 3 is 2.51 bits per heavy atom. The third kappa shape index (κ3) is 4.97. The molecule has 1 saturated carbocycles. The van der Waals surface area contributed by atoms with Gasteiger partial charge >= 0.3 is 18.8 Å². The molecule has 0 radical (unpaired) electrons. The van der Waals surface area contributed by atoms with Crippen LogP contribution in [0.2, 0.25) is 0 Å². The van der Waals surface area contributed by atoms with Gasteiger partial charge in [-0.1, -0.05) is 0 Å². The Kier molecular flexibility index (Phi) is 6.29. The normalized spacial score (nSPS) is 20.8. The van der Waals surface area contributed by atoms with E-state index in [-0.39, 0.29) is 35.2 Å². The maximum absolute atomic E-state index is 13.0. The van der Waals surface area contributed by atoms with Crippen molar-refractivity contribution >= 4 is 28.7 Å². The fraction of sp³-hybridized carbons (Fsp3) is 0.409. The van der Waals surface area contributed by atoms with Gasteiger partial charge in [-0.05, 0) is 37.8 Å². The number of rotatable bonds is 6. The summed E-state index contributed by atoms with van der Waals surface area (Å²) in [6, 6.07) is 1.12. The van der Waals surface area contributed by atoms with Crippen LogP contribution in [0.4, 0.5) is 32.4 Å². The summed E-state index contributed by atoms with van der Waals surface area (Å²) in [4.78, 5) is 35.3. The number of nitrogens with zero attached hydrogens (tertiary/aromatic N) is 5. The van der Waals surface area contributed by atoms with Crippen LogP contribution < -0.4 is 14.4 Å². The highest BCUT2D eigenvalue weighted by Gasteiger charge is 2.43. The van der Waals surface area contributed by atoms with Gasteiger partial charge in [-0.15, -0.1) is 5.10 Å². The lowest BCUT2D eigenvalue weighted by Crippen LogP contribution is -2.44. The van der Waals surface area contributed by atoms with E-state index >= 15 is 0 Å². The molecule has 0 bridgehead atoms. The smallest absolute Gasteiger partial charge is 0.417 e. The largest absolute Gasteiger partial charge is 0.489 e. The molecule has 2 aliphatic rings. The Morgan fingerprint density at radius 2 is 1.81 bits per heavy atom. The number of urea groups is 1. The number of halogens is 5. The zero-order valence-corrected chi connectivity index (χ0v) is 18.9. The molecule has 1 aliphatic carbocycles. The van der Waals surface area contributed by atoms with E-state index < -0.39 is 36.3 Å². The first kappa shape index (κ1) is 24.6. The van der Waals surface area contributed by atoms with E-state index in [9.17, 15) is 31.5 Å². The molecule has 3 aromatic rings. The summed E-state index contributed by atoms with van der Waals surface area (Å²) >= 11 is 0. The summed E-state index contributed by atoms with van der Waals surface area (Å²) in [6.07, 6.45) is 0.00670. The molecule has 3 amide bonds. The van der Waals surface area contributed by atoms with E-state index in [1.807, 2.05) is 0 Å². The molecule has 1 aliphatic heterocycles. The van der Waals surface area contributed by atoms with Crippen LogP contribution in [0.5, 0.6) is 11.6 Å². The first-order chi connectivity index (χ1) is 17.6. The lowest BCUT2D eigenvalue weighted by atomic mass is 9.92. The number of H-pyrrole nitrogens is 1. The van der Waals surface area contributed by atoms with Crippen LogP contribution in [0.15, 0.2) is 30.7 Å². The number of pyridine rings is 2. The third-order valence-electron chi connectivity index (χ3n) is 6.23. The quantitative estimate of drug-likeness (QED) is 0.380. The van der Waals surface area contributed by atoms with Gasteiger partial charge in [0.1, 0.15) is 12.3 Å². The minimum absolute atomic E-state index is 0.106. The topological polar surface area (TPSA) is 114 Å². The van der Waals surface area contributed by atoms with E-state index in [4.69, 9.17) is 4.74 Å². The van der Waals surface area contributed by atoms with Gasteiger partial charge in [0.15, 0.2) is 5.65 Å². The Morgan fingerprint density at radius 1 is 1.05 bits per heavy atom. The lowest BCUT2D eigenvalue weighted by Gasteiger charge is -2.33. The molecule has 3 aromatic heterocycles. The van der Waals surface area contributed by atoms with Crippen molar-refractivity contribution in [3.8, 4) is 11.6 Å². The van der Waals surface area contributed by atoms with Gasteiger partial charge in [0.05, 0.1) is 35.1 Å². The molecule has 5 rings (SSSR count). The Balaban J connectivity index is 1.22. The molecule has 4 heterocycles. The molecule has 2 fully saturated rings. The zero-order valence-electron chi connectivity index (χ0n) is 18.9. The number of aromatic amines is 1. The summed E-state index contributed by atoms with van der Waals surface area (Å²) in [5, 5.41) is 6.37. The summed E-state index contributed by atoms with van der Waals surface area (Å²) in [7, 11) is 0. The highest BCUT2D eigenvalue weighted by atomic mass is 19.4. The van der Waals surface area contributed by atoms with Gasteiger partial charge < -0.3 is 9.47 Å². The molecule has 15 heteroatoms. The molecule has 37 heavy (non-hydrogen) atoms. The fourth-order valence-electron chi connectivity index (χ4n) is 4.52. The number of anilines is 1. The van der Waals surface area contributed by atoms with Crippen molar-refractivity contribution in [2.75, 3.05) is 11.4 Å². The summed E-state index contributed by atoms with van der Waals surface area (Å²) < 4.78 is 74.6. The molecule has 10 nitrogen and oxygen atoms in total. The number of carbonyl (C=O) groups is 2. The van der Waals surface area contributed by atoms with Gasteiger partial charge in [0.25, 0.3) is 5.91 Å². The van der Waals surface area contributed by atoms with E-state index in [2.05, 4.69) is 24.9 Å². The monoisotopic (exact) mass is 526 g/mol. The van der Waals surface area contributed by atoms with E-state index in [1.165, 1.54) is 12.3 Å². The second-order valence-electron chi connectivity index (χ2n) is 8.58. The average Bonchev–Trinajstić information content (AvgIpc) is 3.38. The second kappa shape index (κ2) is 9.44. The van der Waals surface area contributed by atoms with Crippen LogP contribution in [0.3, 0.4) is 0 Å². The standard InChI is InChI=1S/C22H19F5N6O4/c23-20(24)37-19-16-6-15(9-29-18(16)30-31-19)36-14-3-1-12(2-4-14)33-17(34)10-32(21(33)35)13-5-11(7-28-8-13)22(25,26)27/h5-9,12,14,20H,1-4,10H2,(H,29,30,31). The maximum Gasteiger partial charge on any atom is 0.417 e. The summed E-state index contributed by atoms with van der Waals surface area (Å²) in [6.45, 7) is -3.43. The zero-order chi connectivity index (χ0) is 26.3. The summed E-state index contributed by atoms with van der Waals surface area (Å²) in [5.41, 5.74) is -0.874. The molecule has 0 aromatic carbocycles. The minimum Gasteiger partial charge on any atom is -0.489 e. The molecule has 1 saturated heterocycles. The second-order valence-corrected chi connectivity index (χ2v) is 8.58. The molecule has 196 valence electrons. The summed E-state index contributed by atoms with van der Waals surface area (Å²) in [5.74, 6) is -0.501. The predicted molar refractivity (Wildman–Crippen MR) is 116 cm³/mol. The average molecular weight is 526 g/mol. The molecule has 1 N–H and O–H groups in total. The number of ether oxygens (including phenoxy) is 2. The van der Waals surface area contributed by atoms with Crippen LogP contribution in [0.1, 0.15) is 31.2 Å². The van der Waals surface area contributed by atoms with Gasteiger partial charge in [0, 0.05) is 12.2 Å². The number of nitrogens with one attached hydrogen (secondary N) is 1. The number of fused-ring (bicyclic) bond motifs is 1. The van der Waals surface area contributed by atoms with Crippen LogP contribution >= 0.6 is 0 Å². The van der Waals surface area contributed by atoms with Crippen LogP contribution in [-0.2, 0) is 11.0 Å². The molecule has 0 unspecified atom stereocenters. The number of hydrogen-bond donors (Lipinski definition) is 1. The van der Waals surface area contributed by atoms with Gasteiger partial charge in [-0.3, -0.25) is 24.7 Å². The maximum atomic E-state index is 13.0. The van der Waals surface area contributed by atoms with Crippen molar-refractivity contribution in [3.05, 3.63) is 36.3 Å². The first-order valence-electron chi connectivity index (χ1n) is 11.2. The molecular formula is C22H19F5N6O4. The van der Waals surface area contributed by atoms with Crippen LogP contribution in [-0.4, -0.2) is 62.3 Å². The Bertz CT molecular complexity index is 1320. The van der Waals surface area contributed by atoms with E-state index in [0.29, 0.717) is 37.6 Å². The number of aromatic nitrogens is 4. The number of alkyl halides is 5. The van der Waals surface area contributed by atoms with Crippen molar-refractivity contribution in [2.24, 2.45) is 0 Å². The Hall–Kier alpha value is -4.04. The van der Waals surface area contributed by atoms with E-state index in [0.717, 1.165) is 22.1 Å². The Labute approximate surface area is 205 Å². The lowest BCUT2D eigenvalue weighted by molar-refractivity contribution is -0.137. The van der Waals surface area contributed by atoms with E-state index in [1.54, 1.807) is 0 Å². The van der Waals surface area contributed by atoms with Crippen LogP contribution in [0, 0.1) is 0 Å². The van der Waals surface area contributed by atoms with Gasteiger partial charge in [-0.25, -0.2) is 9.78 Å². The fourth-order valence-corrected chi connectivity index (χ4v) is 4.52. The number of hydrogen-bond acceptors (Lipinski definition) is 7. The number of carbonyl (C=O) groups excluding carboxylic acids is 2.